The van der Waals surface area contributed by atoms with Crippen LogP contribution < -0.4 is 11.1 Å². The average Bonchev–Trinajstić information content (AvgIpc) is 2.36. The first kappa shape index (κ1) is 14.8. The van der Waals surface area contributed by atoms with Crippen LogP contribution in [0.15, 0.2) is 30.3 Å². The summed E-state index contributed by atoms with van der Waals surface area (Å²) in [5.41, 5.74) is 11.1. The number of hydrogen-bond donors (Lipinski definition) is 2. The van der Waals surface area contributed by atoms with Crippen molar-refractivity contribution in [3.05, 3.63) is 56.2 Å². The Labute approximate surface area is 132 Å². The molecule has 0 aliphatic heterocycles. The first-order chi connectivity index (χ1) is 9.40. The number of aryl methyl sites for hydroxylation is 3. The minimum Gasteiger partial charge on any atom is -0.399 e. The molecule has 0 heterocycles. The minimum atomic E-state index is -0.0888. The van der Waals surface area contributed by atoms with Gasteiger partial charge in [0.15, 0.2) is 0 Å². The highest BCUT2D eigenvalue weighted by Crippen LogP contribution is 2.25. The molecule has 0 aliphatic carbocycles. The van der Waals surface area contributed by atoms with Gasteiger partial charge in [-0.25, -0.2) is 0 Å². The van der Waals surface area contributed by atoms with Crippen LogP contribution in [0.4, 0.5) is 11.4 Å². The third-order valence-corrected chi connectivity index (χ3v) is 4.66. The Morgan fingerprint density at radius 3 is 2.30 bits per heavy atom. The van der Waals surface area contributed by atoms with Gasteiger partial charge in [0.2, 0.25) is 0 Å². The van der Waals surface area contributed by atoms with Crippen molar-refractivity contribution in [1.29, 1.82) is 0 Å². The van der Waals surface area contributed by atoms with Crippen molar-refractivity contribution in [2.45, 2.75) is 20.8 Å². The summed E-state index contributed by atoms with van der Waals surface area (Å²) in [5.74, 6) is -0.0888. The highest BCUT2D eigenvalue weighted by atomic mass is 127. The van der Waals surface area contributed by atoms with Crippen molar-refractivity contribution in [3.8, 4) is 0 Å². The standard InChI is InChI=1S/C16H17IN2O/c1-9-5-4-6-13(14(9)17)16(20)19-15-10(2)7-12(18)8-11(15)3/h4-8H,18H2,1-3H3,(H,19,20). The van der Waals surface area contributed by atoms with E-state index in [0.717, 1.165) is 25.9 Å². The molecule has 2 aromatic rings. The number of benzene rings is 2. The van der Waals surface area contributed by atoms with Gasteiger partial charge in [-0.3, -0.25) is 4.79 Å². The number of carbonyl (C=O) groups excluding carboxylic acids is 1. The van der Waals surface area contributed by atoms with Gasteiger partial charge in [-0.1, -0.05) is 12.1 Å². The van der Waals surface area contributed by atoms with E-state index in [1.807, 2.05) is 51.1 Å². The van der Waals surface area contributed by atoms with Crippen LogP contribution in [0.25, 0.3) is 0 Å². The Kier molecular flexibility index (Phi) is 4.32. The number of amides is 1. The Balaban J connectivity index is 2.36. The normalized spacial score (nSPS) is 10.4. The van der Waals surface area contributed by atoms with Crippen molar-refractivity contribution >= 4 is 39.9 Å². The molecule has 104 valence electrons. The fraction of sp³-hybridized carbons (Fsp3) is 0.188. The molecule has 0 fully saturated rings. The second kappa shape index (κ2) is 5.83. The number of halogens is 1. The quantitative estimate of drug-likeness (QED) is 0.610. The third kappa shape index (κ3) is 2.95. The van der Waals surface area contributed by atoms with Crippen molar-refractivity contribution in [2.75, 3.05) is 11.1 Å². The van der Waals surface area contributed by atoms with E-state index in [0.29, 0.717) is 11.3 Å². The lowest BCUT2D eigenvalue weighted by molar-refractivity contribution is 0.102. The Morgan fingerprint density at radius 2 is 1.70 bits per heavy atom. The summed E-state index contributed by atoms with van der Waals surface area (Å²) in [7, 11) is 0. The van der Waals surface area contributed by atoms with Crippen LogP contribution in [0.2, 0.25) is 0 Å². The van der Waals surface area contributed by atoms with E-state index < -0.39 is 0 Å². The summed E-state index contributed by atoms with van der Waals surface area (Å²) in [6.07, 6.45) is 0. The Morgan fingerprint density at radius 1 is 1.10 bits per heavy atom. The first-order valence-corrected chi connectivity index (χ1v) is 7.41. The Hall–Kier alpha value is -1.56. The summed E-state index contributed by atoms with van der Waals surface area (Å²) in [4.78, 5) is 12.4. The van der Waals surface area contributed by atoms with Crippen LogP contribution in [0.5, 0.6) is 0 Å². The smallest absolute Gasteiger partial charge is 0.256 e. The van der Waals surface area contributed by atoms with Crippen LogP contribution >= 0.6 is 22.6 Å². The number of nitrogen functional groups attached to an aromatic ring is 1. The van der Waals surface area contributed by atoms with Crippen LogP contribution in [0.3, 0.4) is 0 Å². The molecule has 3 N–H and O–H groups in total. The van der Waals surface area contributed by atoms with Crippen LogP contribution in [-0.4, -0.2) is 5.91 Å². The van der Waals surface area contributed by atoms with E-state index in [9.17, 15) is 4.79 Å². The van der Waals surface area contributed by atoms with Gasteiger partial charge in [-0.15, -0.1) is 0 Å². The van der Waals surface area contributed by atoms with E-state index in [2.05, 4.69) is 27.9 Å². The van der Waals surface area contributed by atoms with Crippen LogP contribution in [0, 0.1) is 24.3 Å². The molecule has 2 aromatic carbocycles. The first-order valence-electron chi connectivity index (χ1n) is 6.33. The van der Waals surface area contributed by atoms with Gasteiger partial charge < -0.3 is 11.1 Å². The molecule has 0 radical (unpaired) electrons. The predicted molar refractivity (Wildman–Crippen MR) is 92.2 cm³/mol. The monoisotopic (exact) mass is 380 g/mol. The van der Waals surface area contributed by atoms with Gasteiger partial charge in [0.05, 0.1) is 5.56 Å². The van der Waals surface area contributed by atoms with E-state index in [1.54, 1.807) is 0 Å². The molecular formula is C16H17IN2O. The van der Waals surface area contributed by atoms with E-state index in [4.69, 9.17) is 5.73 Å². The summed E-state index contributed by atoms with van der Waals surface area (Å²) >= 11 is 2.20. The second-order valence-corrected chi connectivity index (χ2v) is 6.00. The summed E-state index contributed by atoms with van der Waals surface area (Å²) in [5, 5.41) is 2.99. The largest absolute Gasteiger partial charge is 0.399 e. The average molecular weight is 380 g/mol. The van der Waals surface area contributed by atoms with Crippen molar-refractivity contribution in [2.24, 2.45) is 0 Å². The number of anilines is 2. The molecule has 3 nitrogen and oxygen atoms in total. The number of carbonyl (C=O) groups is 1. The molecule has 4 heteroatoms. The van der Waals surface area contributed by atoms with Gasteiger partial charge in [-0.05, 0) is 78.3 Å². The lowest BCUT2D eigenvalue weighted by Gasteiger charge is -2.14. The molecule has 0 spiro atoms. The summed E-state index contributed by atoms with van der Waals surface area (Å²) in [6, 6.07) is 9.47. The van der Waals surface area contributed by atoms with Gasteiger partial charge in [-0.2, -0.15) is 0 Å². The maximum absolute atomic E-state index is 12.4. The van der Waals surface area contributed by atoms with Crippen molar-refractivity contribution in [3.63, 3.8) is 0 Å². The van der Waals surface area contributed by atoms with Gasteiger partial charge in [0.25, 0.3) is 5.91 Å². The summed E-state index contributed by atoms with van der Waals surface area (Å²) < 4.78 is 0.980. The molecule has 0 aliphatic rings. The molecule has 0 aromatic heterocycles. The second-order valence-electron chi connectivity index (χ2n) is 4.92. The molecule has 20 heavy (non-hydrogen) atoms. The number of nitrogens with two attached hydrogens (primary N) is 1. The molecule has 0 saturated carbocycles. The third-order valence-electron chi connectivity index (χ3n) is 3.23. The zero-order valence-electron chi connectivity index (χ0n) is 11.8. The molecule has 2 rings (SSSR count). The lowest BCUT2D eigenvalue weighted by Crippen LogP contribution is -2.15. The maximum Gasteiger partial charge on any atom is 0.256 e. The molecule has 0 atom stereocenters. The van der Waals surface area contributed by atoms with E-state index in [-0.39, 0.29) is 5.91 Å². The van der Waals surface area contributed by atoms with Gasteiger partial charge >= 0.3 is 0 Å². The lowest BCUT2D eigenvalue weighted by atomic mass is 10.1. The SMILES string of the molecule is Cc1cccc(C(=O)Nc2c(C)cc(N)cc2C)c1I. The Bertz CT molecular complexity index is 657. The van der Waals surface area contributed by atoms with E-state index in [1.165, 1.54) is 0 Å². The summed E-state index contributed by atoms with van der Waals surface area (Å²) in [6.45, 7) is 5.89. The maximum atomic E-state index is 12.4. The zero-order chi connectivity index (χ0) is 14.9. The van der Waals surface area contributed by atoms with Gasteiger partial charge in [0, 0.05) is 14.9 Å². The topological polar surface area (TPSA) is 55.1 Å². The number of nitrogens with one attached hydrogen (secondary N) is 1. The highest BCUT2D eigenvalue weighted by Gasteiger charge is 2.13. The zero-order valence-corrected chi connectivity index (χ0v) is 13.9. The number of hydrogen-bond acceptors (Lipinski definition) is 2. The fourth-order valence-electron chi connectivity index (χ4n) is 2.20. The van der Waals surface area contributed by atoms with Crippen LogP contribution in [-0.2, 0) is 0 Å². The fourth-order valence-corrected chi connectivity index (χ4v) is 2.80. The molecular weight excluding hydrogens is 363 g/mol. The van der Waals surface area contributed by atoms with Gasteiger partial charge in [0.1, 0.15) is 0 Å². The molecule has 0 unspecified atom stereocenters. The molecule has 0 bridgehead atoms. The number of rotatable bonds is 2. The predicted octanol–water partition coefficient (Wildman–Crippen LogP) is 4.05. The van der Waals surface area contributed by atoms with Crippen molar-refractivity contribution in [1.82, 2.24) is 0 Å². The molecule has 1 amide bonds. The van der Waals surface area contributed by atoms with E-state index >= 15 is 0 Å². The minimum absolute atomic E-state index is 0.0888. The van der Waals surface area contributed by atoms with Crippen molar-refractivity contribution < 1.29 is 4.79 Å². The highest BCUT2D eigenvalue weighted by molar-refractivity contribution is 14.1. The van der Waals surface area contributed by atoms with Crippen LogP contribution in [0.1, 0.15) is 27.0 Å². The molecule has 0 saturated heterocycles.